The number of nitrogens with two attached hydrogens (primary N) is 1. The Balaban J connectivity index is 1.31. The van der Waals surface area contributed by atoms with E-state index in [0.29, 0.717) is 18.4 Å². The number of hydrogen-bond acceptors (Lipinski definition) is 4. The molecule has 3 heterocycles. The predicted octanol–water partition coefficient (Wildman–Crippen LogP) is 1.77. The van der Waals surface area contributed by atoms with E-state index in [2.05, 4.69) is 19.9 Å². The van der Waals surface area contributed by atoms with Crippen LogP contribution in [0, 0.1) is 11.7 Å². The van der Waals surface area contributed by atoms with Crippen molar-refractivity contribution in [2.24, 2.45) is 23.7 Å². The van der Waals surface area contributed by atoms with E-state index in [-0.39, 0.29) is 11.9 Å². The largest absolute Gasteiger partial charge is 0.373 e. The average molecular weight is 386 g/mol. The van der Waals surface area contributed by atoms with Crippen molar-refractivity contribution >= 4 is 11.6 Å². The fourth-order valence-electron chi connectivity index (χ4n) is 3.93. The third kappa shape index (κ3) is 4.11. The number of benzene rings is 1. The minimum atomic E-state index is -0.209. The quantitative estimate of drug-likeness (QED) is 0.641. The topological polar surface area (TPSA) is 71.9 Å². The molecule has 0 radical (unpaired) electrons. The average Bonchev–Trinajstić information content (AvgIpc) is 3.35. The number of aromatic nitrogens is 2. The van der Waals surface area contributed by atoms with Crippen LogP contribution in [0.15, 0.2) is 41.7 Å². The van der Waals surface area contributed by atoms with E-state index in [4.69, 9.17) is 10.5 Å². The normalized spacial score (nSPS) is 23.4. The lowest BCUT2D eigenvalue weighted by molar-refractivity contribution is 0.0924. The van der Waals surface area contributed by atoms with E-state index in [1.807, 2.05) is 31.6 Å². The summed E-state index contributed by atoms with van der Waals surface area (Å²) < 4.78 is 20.8. The minimum Gasteiger partial charge on any atom is -0.373 e. The number of ether oxygens (including phenoxy) is 1. The highest BCUT2D eigenvalue weighted by molar-refractivity contribution is 5.78. The van der Waals surface area contributed by atoms with Crippen molar-refractivity contribution in [3.05, 3.63) is 48.0 Å². The second-order valence-electron chi connectivity index (χ2n) is 7.44. The van der Waals surface area contributed by atoms with E-state index in [0.717, 1.165) is 50.5 Å². The molecule has 2 atom stereocenters. The third-order valence-corrected chi connectivity index (χ3v) is 5.55. The van der Waals surface area contributed by atoms with Gasteiger partial charge in [0.05, 0.1) is 12.3 Å². The Hall–Kier alpha value is -2.61. The lowest BCUT2D eigenvalue weighted by Crippen LogP contribution is -2.51. The fourth-order valence-corrected chi connectivity index (χ4v) is 3.93. The first-order valence-corrected chi connectivity index (χ1v) is 9.75. The molecular formula is C20H27FN6O. The van der Waals surface area contributed by atoms with E-state index in [1.54, 1.807) is 4.68 Å². The fraction of sp³-hybridized carbons (Fsp3) is 0.500. The first-order chi connectivity index (χ1) is 13.6. The van der Waals surface area contributed by atoms with Gasteiger partial charge in [-0.15, -0.1) is 0 Å². The molecule has 8 heteroatoms. The summed E-state index contributed by atoms with van der Waals surface area (Å²) in [5.41, 5.74) is 8.41. The Kier molecular flexibility index (Phi) is 5.47. The number of anilines is 1. The number of halogens is 1. The zero-order valence-electron chi connectivity index (χ0n) is 16.2. The molecule has 2 aromatic rings. The standard InChI is InChI=1S/C20H27FN6O/c1-25-14-16(13-24-25)19-15(6-11-28-19)12-23-20(22)27-9-7-26(8-10-27)18-4-2-17(21)3-5-18/h2-5,13-15,19H,6-12H2,1H3,(H2,22,23)/t15-,19+/m0/s1. The van der Waals surface area contributed by atoms with Crippen molar-refractivity contribution in [3.8, 4) is 0 Å². The lowest BCUT2D eigenvalue weighted by Gasteiger charge is -2.36. The Morgan fingerprint density at radius 2 is 2.00 bits per heavy atom. The van der Waals surface area contributed by atoms with Crippen LogP contribution in [0.25, 0.3) is 0 Å². The zero-order valence-corrected chi connectivity index (χ0v) is 16.2. The molecule has 0 unspecified atom stereocenters. The molecule has 2 fully saturated rings. The molecule has 2 aliphatic rings. The van der Waals surface area contributed by atoms with Gasteiger partial charge in [0.2, 0.25) is 0 Å². The van der Waals surface area contributed by atoms with Gasteiger partial charge in [0.15, 0.2) is 5.96 Å². The molecule has 0 saturated carbocycles. The number of hydrogen-bond donors (Lipinski definition) is 1. The Labute approximate surface area is 164 Å². The molecule has 1 aromatic carbocycles. The number of guanidine groups is 1. The minimum absolute atomic E-state index is 0.0422. The molecule has 4 rings (SSSR count). The SMILES string of the molecule is Cn1cc([C@@H]2OCC[C@H]2CN=C(N)N2CCN(c3ccc(F)cc3)CC2)cn1. The Bertz CT molecular complexity index is 812. The summed E-state index contributed by atoms with van der Waals surface area (Å²) in [6.45, 7) is 4.69. The summed E-state index contributed by atoms with van der Waals surface area (Å²) in [5, 5.41) is 4.24. The van der Waals surface area contributed by atoms with Gasteiger partial charge in [0.1, 0.15) is 5.82 Å². The smallest absolute Gasteiger partial charge is 0.191 e. The second kappa shape index (κ2) is 8.18. The molecule has 0 amide bonds. The van der Waals surface area contributed by atoms with E-state index in [9.17, 15) is 4.39 Å². The van der Waals surface area contributed by atoms with Crippen LogP contribution in [0.5, 0.6) is 0 Å². The van der Waals surface area contributed by atoms with Gasteiger partial charge in [-0.1, -0.05) is 0 Å². The second-order valence-corrected chi connectivity index (χ2v) is 7.44. The Morgan fingerprint density at radius 1 is 1.25 bits per heavy atom. The van der Waals surface area contributed by atoms with Crippen LogP contribution < -0.4 is 10.6 Å². The van der Waals surface area contributed by atoms with Crippen molar-refractivity contribution in [3.63, 3.8) is 0 Å². The maximum absolute atomic E-state index is 13.1. The highest BCUT2D eigenvalue weighted by Gasteiger charge is 2.30. The zero-order chi connectivity index (χ0) is 19.5. The van der Waals surface area contributed by atoms with Gasteiger partial charge in [-0.3, -0.25) is 9.67 Å². The maximum atomic E-state index is 13.1. The molecule has 2 N–H and O–H groups in total. The van der Waals surface area contributed by atoms with Gasteiger partial charge in [-0.2, -0.15) is 5.10 Å². The van der Waals surface area contributed by atoms with Crippen molar-refractivity contribution in [2.75, 3.05) is 44.2 Å². The van der Waals surface area contributed by atoms with Gasteiger partial charge in [-0.05, 0) is 30.7 Å². The molecule has 150 valence electrons. The summed E-state index contributed by atoms with van der Waals surface area (Å²) in [6.07, 6.45) is 4.89. The van der Waals surface area contributed by atoms with Crippen LogP contribution in [-0.4, -0.2) is 60.0 Å². The third-order valence-electron chi connectivity index (χ3n) is 5.55. The summed E-state index contributed by atoms with van der Waals surface area (Å²) in [5.74, 6) is 0.707. The van der Waals surface area contributed by atoms with Crippen LogP contribution in [-0.2, 0) is 11.8 Å². The van der Waals surface area contributed by atoms with Crippen LogP contribution in [0.1, 0.15) is 18.1 Å². The Morgan fingerprint density at radius 3 is 2.68 bits per heavy atom. The van der Waals surface area contributed by atoms with Crippen LogP contribution >= 0.6 is 0 Å². The highest BCUT2D eigenvalue weighted by atomic mass is 19.1. The summed E-state index contributed by atoms with van der Waals surface area (Å²) >= 11 is 0. The predicted molar refractivity (Wildman–Crippen MR) is 107 cm³/mol. The molecule has 0 spiro atoms. The monoisotopic (exact) mass is 386 g/mol. The molecule has 7 nitrogen and oxygen atoms in total. The molecule has 1 aromatic heterocycles. The summed E-state index contributed by atoms with van der Waals surface area (Å²) in [4.78, 5) is 9.03. The lowest BCUT2D eigenvalue weighted by atomic mass is 9.98. The van der Waals surface area contributed by atoms with Crippen molar-refractivity contribution < 1.29 is 9.13 Å². The number of rotatable bonds is 4. The highest BCUT2D eigenvalue weighted by Crippen LogP contribution is 2.34. The summed E-state index contributed by atoms with van der Waals surface area (Å²) in [7, 11) is 1.91. The summed E-state index contributed by atoms with van der Waals surface area (Å²) in [6, 6.07) is 6.64. The first kappa shape index (κ1) is 18.7. The molecule has 0 bridgehead atoms. The van der Waals surface area contributed by atoms with Gasteiger partial charge in [0.25, 0.3) is 0 Å². The van der Waals surface area contributed by atoms with Gasteiger partial charge in [-0.25, -0.2) is 4.39 Å². The molecule has 2 aliphatic heterocycles. The van der Waals surface area contributed by atoms with Crippen LogP contribution in [0.4, 0.5) is 10.1 Å². The first-order valence-electron chi connectivity index (χ1n) is 9.75. The molecule has 2 saturated heterocycles. The van der Waals surface area contributed by atoms with E-state index >= 15 is 0 Å². The molecular weight excluding hydrogens is 359 g/mol. The van der Waals surface area contributed by atoms with Crippen molar-refractivity contribution in [2.45, 2.75) is 12.5 Å². The molecule has 0 aliphatic carbocycles. The van der Waals surface area contributed by atoms with E-state index in [1.165, 1.54) is 12.1 Å². The number of aryl methyl sites for hydroxylation is 1. The van der Waals surface area contributed by atoms with Crippen molar-refractivity contribution in [1.82, 2.24) is 14.7 Å². The van der Waals surface area contributed by atoms with Crippen LogP contribution in [0.2, 0.25) is 0 Å². The van der Waals surface area contributed by atoms with Gasteiger partial charge in [0, 0.05) is 69.7 Å². The van der Waals surface area contributed by atoms with Gasteiger partial charge < -0.3 is 20.3 Å². The molecule has 28 heavy (non-hydrogen) atoms. The number of piperazine rings is 1. The number of nitrogens with zero attached hydrogens (tertiary/aromatic N) is 5. The van der Waals surface area contributed by atoms with Crippen molar-refractivity contribution in [1.29, 1.82) is 0 Å². The van der Waals surface area contributed by atoms with E-state index < -0.39 is 0 Å². The van der Waals surface area contributed by atoms with Crippen LogP contribution in [0.3, 0.4) is 0 Å². The number of aliphatic imine (C=N–C) groups is 1. The maximum Gasteiger partial charge on any atom is 0.191 e. The van der Waals surface area contributed by atoms with Gasteiger partial charge >= 0.3 is 0 Å².